The highest BCUT2D eigenvalue weighted by molar-refractivity contribution is 5.82. The van der Waals surface area contributed by atoms with Gasteiger partial charge in [-0.25, -0.2) is 0 Å². The number of rotatable bonds is 4. The number of likely N-dealkylation sites (N-methyl/N-ethyl adjacent to an activating group) is 1. The molecule has 0 saturated carbocycles. The van der Waals surface area contributed by atoms with E-state index in [1.165, 1.54) is 0 Å². The molecule has 104 valence electrons. The fourth-order valence-corrected chi connectivity index (χ4v) is 2.24. The lowest BCUT2D eigenvalue weighted by Crippen LogP contribution is -2.51. The molecule has 2 atom stereocenters. The number of hydrogen-bond donors (Lipinski definition) is 1. The van der Waals surface area contributed by atoms with Crippen molar-refractivity contribution < 1.29 is 9.59 Å². The summed E-state index contributed by atoms with van der Waals surface area (Å²) >= 11 is 0. The normalized spacial score (nSPS) is 21.2. The molecule has 0 bridgehead atoms. The van der Waals surface area contributed by atoms with Gasteiger partial charge in [-0.2, -0.15) is 0 Å². The van der Waals surface area contributed by atoms with Crippen LogP contribution >= 0.6 is 0 Å². The van der Waals surface area contributed by atoms with Crippen LogP contribution in [0.3, 0.4) is 0 Å². The first-order valence-corrected chi connectivity index (χ1v) is 6.62. The molecule has 18 heavy (non-hydrogen) atoms. The van der Waals surface area contributed by atoms with Gasteiger partial charge in [-0.3, -0.25) is 9.59 Å². The molecular weight excluding hydrogens is 230 g/mol. The van der Waals surface area contributed by atoms with Crippen LogP contribution < -0.4 is 5.73 Å². The molecule has 0 aromatic rings. The largest absolute Gasteiger partial charge is 0.344 e. The zero-order valence-corrected chi connectivity index (χ0v) is 11.8. The Bertz CT molecular complexity index is 317. The minimum atomic E-state index is -0.437. The molecule has 1 saturated heterocycles. The van der Waals surface area contributed by atoms with Gasteiger partial charge in [0.15, 0.2) is 0 Å². The van der Waals surface area contributed by atoms with Crippen molar-refractivity contribution in [2.24, 2.45) is 11.7 Å². The molecule has 5 nitrogen and oxygen atoms in total. The molecule has 1 aliphatic rings. The van der Waals surface area contributed by atoms with Crippen LogP contribution in [-0.4, -0.2) is 53.8 Å². The summed E-state index contributed by atoms with van der Waals surface area (Å²) in [7, 11) is 1.77. The Hall–Kier alpha value is -1.10. The van der Waals surface area contributed by atoms with E-state index in [0.29, 0.717) is 6.54 Å². The number of amides is 2. The quantitative estimate of drug-likeness (QED) is 0.792. The van der Waals surface area contributed by atoms with Crippen LogP contribution in [0, 0.1) is 5.92 Å². The Morgan fingerprint density at radius 3 is 2.56 bits per heavy atom. The Balaban J connectivity index is 2.64. The molecule has 0 aromatic carbocycles. The fraction of sp³-hybridized carbons (Fsp3) is 0.846. The van der Waals surface area contributed by atoms with Crippen LogP contribution in [0.15, 0.2) is 0 Å². The summed E-state index contributed by atoms with van der Waals surface area (Å²) in [5.74, 6) is 0.191. The minimum absolute atomic E-state index is 0.0180. The molecule has 1 fully saturated rings. The third-order valence-electron chi connectivity index (χ3n) is 3.69. The third-order valence-corrected chi connectivity index (χ3v) is 3.69. The zero-order chi connectivity index (χ0) is 13.9. The highest BCUT2D eigenvalue weighted by atomic mass is 16.2. The van der Waals surface area contributed by atoms with Gasteiger partial charge in [0.2, 0.25) is 11.8 Å². The van der Waals surface area contributed by atoms with Crippen molar-refractivity contribution in [1.82, 2.24) is 9.80 Å². The summed E-state index contributed by atoms with van der Waals surface area (Å²) in [6.45, 7) is 6.81. The molecule has 2 N–H and O–H groups in total. The van der Waals surface area contributed by atoms with Gasteiger partial charge in [-0.15, -0.1) is 0 Å². The maximum absolute atomic E-state index is 12.2. The van der Waals surface area contributed by atoms with Crippen molar-refractivity contribution in [2.75, 3.05) is 20.1 Å². The SMILES string of the molecule is CC(=O)N(C)CC1CCCN1C(=O)C(N)C(C)C. The van der Waals surface area contributed by atoms with Crippen molar-refractivity contribution in [3.05, 3.63) is 0 Å². The van der Waals surface area contributed by atoms with Crippen LogP contribution in [0.4, 0.5) is 0 Å². The van der Waals surface area contributed by atoms with E-state index in [4.69, 9.17) is 5.73 Å². The number of hydrogen-bond acceptors (Lipinski definition) is 3. The van der Waals surface area contributed by atoms with E-state index in [1.54, 1.807) is 18.9 Å². The number of likely N-dealkylation sites (tertiary alicyclic amines) is 1. The van der Waals surface area contributed by atoms with E-state index in [-0.39, 0.29) is 23.8 Å². The van der Waals surface area contributed by atoms with Crippen LogP contribution in [0.2, 0.25) is 0 Å². The summed E-state index contributed by atoms with van der Waals surface area (Å²) in [6.07, 6.45) is 1.95. The molecule has 1 heterocycles. The van der Waals surface area contributed by atoms with Crippen molar-refractivity contribution in [1.29, 1.82) is 0 Å². The Morgan fingerprint density at radius 1 is 1.44 bits per heavy atom. The van der Waals surface area contributed by atoms with E-state index in [2.05, 4.69) is 0 Å². The topological polar surface area (TPSA) is 66.6 Å². The number of nitrogens with zero attached hydrogens (tertiary/aromatic N) is 2. The Kier molecular flexibility index (Phi) is 5.14. The molecule has 0 radical (unpaired) electrons. The van der Waals surface area contributed by atoms with Crippen molar-refractivity contribution >= 4 is 11.8 Å². The second-order valence-corrected chi connectivity index (χ2v) is 5.50. The molecule has 0 spiro atoms. The molecule has 0 aliphatic carbocycles. The minimum Gasteiger partial charge on any atom is -0.344 e. The van der Waals surface area contributed by atoms with Crippen molar-refractivity contribution in [2.45, 2.75) is 45.7 Å². The smallest absolute Gasteiger partial charge is 0.240 e. The average molecular weight is 255 g/mol. The maximum Gasteiger partial charge on any atom is 0.240 e. The predicted octanol–water partition coefficient (Wildman–Crippen LogP) is 0.439. The van der Waals surface area contributed by atoms with Gasteiger partial charge in [0, 0.05) is 33.1 Å². The Morgan fingerprint density at radius 2 is 2.06 bits per heavy atom. The number of nitrogens with two attached hydrogens (primary N) is 1. The molecule has 2 amide bonds. The number of carbonyl (C=O) groups excluding carboxylic acids is 2. The van der Waals surface area contributed by atoms with Gasteiger partial charge in [-0.05, 0) is 18.8 Å². The molecule has 0 aromatic heterocycles. The highest BCUT2D eigenvalue weighted by Crippen LogP contribution is 2.20. The first kappa shape index (κ1) is 15.0. The molecule has 5 heteroatoms. The van der Waals surface area contributed by atoms with Gasteiger partial charge in [-0.1, -0.05) is 13.8 Å². The highest BCUT2D eigenvalue weighted by Gasteiger charge is 2.33. The van der Waals surface area contributed by atoms with Crippen LogP contribution in [0.1, 0.15) is 33.6 Å². The zero-order valence-electron chi connectivity index (χ0n) is 11.8. The molecule has 2 unspecified atom stereocenters. The van der Waals surface area contributed by atoms with Gasteiger partial charge in [0.05, 0.1) is 6.04 Å². The van der Waals surface area contributed by atoms with Gasteiger partial charge < -0.3 is 15.5 Å². The van der Waals surface area contributed by atoms with Crippen molar-refractivity contribution in [3.63, 3.8) is 0 Å². The van der Waals surface area contributed by atoms with Gasteiger partial charge in [0.1, 0.15) is 0 Å². The second-order valence-electron chi connectivity index (χ2n) is 5.50. The van der Waals surface area contributed by atoms with E-state index < -0.39 is 6.04 Å². The first-order valence-electron chi connectivity index (χ1n) is 6.62. The maximum atomic E-state index is 12.2. The summed E-state index contributed by atoms with van der Waals surface area (Å²) in [5, 5.41) is 0. The lowest BCUT2D eigenvalue weighted by atomic mass is 10.0. The summed E-state index contributed by atoms with van der Waals surface area (Å²) < 4.78 is 0. The molecular formula is C13H25N3O2. The van der Waals surface area contributed by atoms with Crippen LogP contribution in [-0.2, 0) is 9.59 Å². The van der Waals surface area contributed by atoms with E-state index in [0.717, 1.165) is 19.4 Å². The van der Waals surface area contributed by atoms with E-state index in [1.807, 2.05) is 18.7 Å². The van der Waals surface area contributed by atoms with Crippen molar-refractivity contribution in [3.8, 4) is 0 Å². The van der Waals surface area contributed by atoms with Gasteiger partial charge in [0.25, 0.3) is 0 Å². The summed E-state index contributed by atoms with van der Waals surface area (Å²) in [5.41, 5.74) is 5.92. The van der Waals surface area contributed by atoms with E-state index >= 15 is 0 Å². The predicted molar refractivity (Wildman–Crippen MR) is 70.9 cm³/mol. The standard InChI is InChI=1S/C13H25N3O2/c1-9(2)12(14)13(18)16-7-5-6-11(16)8-15(4)10(3)17/h9,11-12H,5-8,14H2,1-4H3. The first-order chi connectivity index (χ1) is 8.34. The Labute approximate surface area is 109 Å². The molecule has 1 aliphatic heterocycles. The number of carbonyl (C=O) groups is 2. The van der Waals surface area contributed by atoms with Crippen LogP contribution in [0.25, 0.3) is 0 Å². The second kappa shape index (κ2) is 6.18. The average Bonchev–Trinajstić information content (AvgIpc) is 2.74. The summed E-state index contributed by atoms with van der Waals surface area (Å²) in [6, 6.07) is -0.315. The fourth-order valence-electron chi connectivity index (χ4n) is 2.24. The lowest BCUT2D eigenvalue weighted by Gasteiger charge is -2.31. The third kappa shape index (κ3) is 3.45. The van der Waals surface area contributed by atoms with E-state index in [9.17, 15) is 9.59 Å². The summed E-state index contributed by atoms with van der Waals surface area (Å²) in [4.78, 5) is 27.0. The monoisotopic (exact) mass is 255 g/mol. The van der Waals surface area contributed by atoms with Crippen LogP contribution in [0.5, 0.6) is 0 Å². The lowest BCUT2D eigenvalue weighted by molar-refractivity contribution is -0.136. The van der Waals surface area contributed by atoms with Gasteiger partial charge >= 0.3 is 0 Å². The molecule has 1 rings (SSSR count).